The molecule has 5 nitrogen and oxygen atoms in total. The predicted octanol–water partition coefficient (Wildman–Crippen LogP) is 2.99. The van der Waals surface area contributed by atoms with Crippen LogP contribution in [0.25, 0.3) is 21.7 Å². The van der Waals surface area contributed by atoms with Crippen molar-refractivity contribution in [3.8, 4) is 0 Å². The fourth-order valence-electron chi connectivity index (χ4n) is 3.84. The molecule has 0 saturated carbocycles. The Kier molecular flexibility index (Phi) is 4.29. The van der Waals surface area contributed by atoms with Crippen LogP contribution in [0, 0.1) is 5.92 Å². The average Bonchev–Trinajstić information content (AvgIpc) is 2.72. The standard InChI is InChI=1S/C21H21N3O2/c1-22-20(25)15-7-5-11-24(13-15)21(26)18-12-14-6-2-3-8-16(14)17-9-4-10-23-19(17)18/h2-4,6,8-10,12,15H,5,7,11,13H2,1H3,(H,22,25). The topological polar surface area (TPSA) is 62.3 Å². The van der Waals surface area contributed by atoms with Crippen molar-refractivity contribution in [2.75, 3.05) is 20.1 Å². The second-order valence-electron chi connectivity index (χ2n) is 6.75. The molecular weight excluding hydrogens is 326 g/mol. The monoisotopic (exact) mass is 347 g/mol. The van der Waals surface area contributed by atoms with Gasteiger partial charge in [0.1, 0.15) is 0 Å². The van der Waals surface area contributed by atoms with Gasteiger partial charge in [0.05, 0.1) is 17.0 Å². The second-order valence-corrected chi connectivity index (χ2v) is 6.75. The SMILES string of the molecule is CNC(=O)C1CCCN(C(=O)c2cc3ccccc3c3cccnc23)C1. The summed E-state index contributed by atoms with van der Waals surface area (Å²) in [4.78, 5) is 31.5. The molecular formula is C21H21N3O2. The van der Waals surface area contributed by atoms with Gasteiger partial charge >= 0.3 is 0 Å². The number of likely N-dealkylation sites (tertiary alicyclic amines) is 1. The van der Waals surface area contributed by atoms with Gasteiger partial charge in [0.25, 0.3) is 5.91 Å². The molecule has 2 aromatic carbocycles. The molecule has 26 heavy (non-hydrogen) atoms. The Balaban J connectivity index is 1.77. The highest BCUT2D eigenvalue weighted by Crippen LogP contribution is 2.29. The van der Waals surface area contributed by atoms with Crippen LogP contribution >= 0.6 is 0 Å². The molecule has 1 saturated heterocycles. The minimum atomic E-state index is -0.141. The quantitative estimate of drug-likeness (QED) is 0.725. The molecule has 0 bridgehead atoms. The lowest BCUT2D eigenvalue weighted by Gasteiger charge is -2.32. The van der Waals surface area contributed by atoms with E-state index in [1.54, 1.807) is 18.1 Å². The van der Waals surface area contributed by atoms with Gasteiger partial charge in [0, 0.05) is 31.7 Å². The number of fused-ring (bicyclic) bond motifs is 3. The first-order valence-electron chi connectivity index (χ1n) is 8.96. The van der Waals surface area contributed by atoms with E-state index in [0.29, 0.717) is 18.7 Å². The first-order valence-corrected chi connectivity index (χ1v) is 8.96. The van der Waals surface area contributed by atoms with E-state index >= 15 is 0 Å². The Bertz CT molecular complexity index is 999. The lowest BCUT2D eigenvalue weighted by atomic mass is 9.95. The highest BCUT2D eigenvalue weighted by Gasteiger charge is 2.29. The summed E-state index contributed by atoms with van der Waals surface area (Å²) >= 11 is 0. The minimum Gasteiger partial charge on any atom is -0.359 e. The molecule has 3 aromatic rings. The van der Waals surface area contributed by atoms with Gasteiger partial charge in [-0.1, -0.05) is 30.3 Å². The van der Waals surface area contributed by atoms with Crippen LogP contribution in [0.5, 0.6) is 0 Å². The van der Waals surface area contributed by atoms with Crippen molar-refractivity contribution in [1.29, 1.82) is 0 Å². The third-order valence-corrected chi connectivity index (χ3v) is 5.17. The summed E-state index contributed by atoms with van der Waals surface area (Å²) < 4.78 is 0. The number of benzene rings is 2. The summed E-state index contributed by atoms with van der Waals surface area (Å²) in [6, 6.07) is 13.9. The molecule has 1 aliphatic heterocycles. The molecule has 5 heteroatoms. The van der Waals surface area contributed by atoms with Gasteiger partial charge in [0.2, 0.25) is 5.91 Å². The number of rotatable bonds is 2. The van der Waals surface area contributed by atoms with E-state index in [4.69, 9.17) is 0 Å². The molecule has 2 heterocycles. The molecule has 1 atom stereocenters. The van der Waals surface area contributed by atoms with Crippen LogP contribution in [0.4, 0.5) is 0 Å². The van der Waals surface area contributed by atoms with E-state index < -0.39 is 0 Å². The first-order chi connectivity index (χ1) is 12.7. The van der Waals surface area contributed by atoms with Gasteiger partial charge in [-0.2, -0.15) is 0 Å². The van der Waals surface area contributed by atoms with Gasteiger partial charge < -0.3 is 10.2 Å². The van der Waals surface area contributed by atoms with Crippen LogP contribution < -0.4 is 5.32 Å². The van der Waals surface area contributed by atoms with Crippen molar-refractivity contribution in [3.63, 3.8) is 0 Å². The number of amides is 2. The van der Waals surface area contributed by atoms with Crippen molar-refractivity contribution in [2.24, 2.45) is 5.92 Å². The van der Waals surface area contributed by atoms with Crippen LogP contribution in [0.1, 0.15) is 23.2 Å². The van der Waals surface area contributed by atoms with Gasteiger partial charge in [-0.05, 0) is 35.7 Å². The molecule has 0 spiro atoms. The Morgan fingerprint density at radius 2 is 1.96 bits per heavy atom. The van der Waals surface area contributed by atoms with Gasteiger partial charge in [-0.3, -0.25) is 14.6 Å². The molecule has 0 aliphatic carbocycles. The van der Waals surface area contributed by atoms with E-state index in [1.165, 1.54) is 0 Å². The fraction of sp³-hybridized carbons (Fsp3) is 0.286. The number of hydrogen-bond acceptors (Lipinski definition) is 3. The lowest BCUT2D eigenvalue weighted by Crippen LogP contribution is -2.44. The van der Waals surface area contributed by atoms with Crippen molar-refractivity contribution in [3.05, 3.63) is 54.2 Å². The molecule has 1 unspecified atom stereocenters. The highest BCUT2D eigenvalue weighted by molar-refractivity contribution is 6.15. The summed E-state index contributed by atoms with van der Waals surface area (Å²) in [6.45, 7) is 1.13. The molecule has 1 fully saturated rings. The number of pyridine rings is 1. The number of carbonyl (C=O) groups excluding carboxylic acids is 2. The molecule has 4 rings (SSSR count). The van der Waals surface area contributed by atoms with Crippen LogP contribution in [0.15, 0.2) is 48.7 Å². The summed E-state index contributed by atoms with van der Waals surface area (Å²) in [6.07, 6.45) is 3.38. The van der Waals surface area contributed by atoms with Crippen LogP contribution in [0.3, 0.4) is 0 Å². The molecule has 2 amide bonds. The third-order valence-electron chi connectivity index (χ3n) is 5.17. The molecule has 1 aliphatic rings. The van der Waals surface area contributed by atoms with Crippen molar-refractivity contribution < 1.29 is 9.59 Å². The normalized spacial score (nSPS) is 17.4. The van der Waals surface area contributed by atoms with E-state index in [1.807, 2.05) is 36.4 Å². The van der Waals surface area contributed by atoms with Crippen LogP contribution in [-0.2, 0) is 4.79 Å². The number of carbonyl (C=O) groups is 2. The highest BCUT2D eigenvalue weighted by atomic mass is 16.2. The maximum Gasteiger partial charge on any atom is 0.256 e. The maximum absolute atomic E-state index is 13.3. The van der Waals surface area contributed by atoms with Gasteiger partial charge in [-0.15, -0.1) is 0 Å². The second kappa shape index (κ2) is 6.75. The Morgan fingerprint density at radius 1 is 1.15 bits per heavy atom. The number of nitrogens with one attached hydrogen (secondary N) is 1. The number of nitrogens with zero attached hydrogens (tertiary/aromatic N) is 2. The van der Waals surface area contributed by atoms with E-state index in [2.05, 4.69) is 16.4 Å². The van der Waals surface area contributed by atoms with Gasteiger partial charge in [-0.25, -0.2) is 0 Å². The molecule has 1 N–H and O–H groups in total. The van der Waals surface area contributed by atoms with E-state index in [9.17, 15) is 9.59 Å². The Hall–Kier alpha value is -2.95. The largest absolute Gasteiger partial charge is 0.359 e. The maximum atomic E-state index is 13.3. The number of aromatic nitrogens is 1. The van der Waals surface area contributed by atoms with E-state index in [-0.39, 0.29) is 17.7 Å². The van der Waals surface area contributed by atoms with Gasteiger partial charge in [0.15, 0.2) is 0 Å². The fourth-order valence-corrected chi connectivity index (χ4v) is 3.84. The van der Waals surface area contributed by atoms with Crippen molar-refractivity contribution in [1.82, 2.24) is 15.2 Å². The van der Waals surface area contributed by atoms with Crippen LogP contribution in [0.2, 0.25) is 0 Å². The molecule has 1 aromatic heterocycles. The Morgan fingerprint density at radius 3 is 2.81 bits per heavy atom. The van der Waals surface area contributed by atoms with Crippen LogP contribution in [-0.4, -0.2) is 41.8 Å². The molecule has 132 valence electrons. The summed E-state index contributed by atoms with van der Waals surface area (Å²) in [5.41, 5.74) is 1.33. The third kappa shape index (κ3) is 2.79. The first kappa shape index (κ1) is 16.5. The van der Waals surface area contributed by atoms with E-state index in [0.717, 1.165) is 34.5 Å². The number of piperidine rings is 1. The minimum absolute atomic E-state index is 0.00370. The Labute approximate surface area is 152 Å². The zero-order valence-corrected chi connectivity index (χ0v) is 14.7. The van der Waals surface area contributed by atoms with Crippen molar-refractivity contribution >= 4 is 33.5 Å². The summed E-state index contributed by atoms with van der Waals surface area (Å²) in [5, 5.41) is 5.79. The van der Waals surface area contributed by atoms with Crippen molar-refractivity contribution in [2.45, 2.75) is 12.8 Å². The average molecular weight is 347 g/mol. The summed E-state index contributed by atoms with van der Waals surface area (Å²) in [5.74, 6) is -0.186. The number of hydrogen-bond donors (Lipinski definition) is 1. The smallest absolute Gasteiger partial charge is 0.256 e. The lowest BCUT2D eigenvalue weighted by molar-refractivity contribution is -0.125. The zero-order chi connectivity index (χ0) is 18.1. The summed E-state index contributed by atoms with van der Waals surface area (Å²) in [7, 11) is 1.64. The zero-order valence-electron chi connectivity index (χ0n) is 14.7. The molecule has 0 radical (unpaired) electrons. The predicted molar refractivity (Wildman–Crippen MR) is 102 cm³/mol.